The minimum absolute atomic E-state index is 0.0195. The van der Waals surface area contributed by atoms with Gasteiger partial charge in [-0.25, -0.2) is 19.9 Å². The van der Waals surface area contributed by atoms with Gasteiger partial charge in [-0.2, -0.15) is 22.0 Å². The van der Waals surface area contributed by atoms with Crippen LogP contribution >= 0.6 is 11.3 Å². The van der Waals surface area contributed by atoms with Crippen LogP contribution in [0.1, 0.15) is 59.3 Å². The number of carbonyl (C=O) groups excluding carboxylic acids is 1. The number of fused-ring (bicyclic) bond motifs is 2. The molecule has 0 saturated heterocycles. The minimum atomic E-state index is -5.69. The number of amides is 1. The maximum absolute atomic E-state index is 13.7. The maximum Gasteiger partial charge on any atom is 0.453 e. The van der Waals surface area contributed by atoms with Gasteiger partial charge in [0.15, 0.2) is 11.5 Å². The third-order valence-electron chi connectivity index (χ3n) is 7.58. The number of alkyl halides is 5. The quantitative estimate of drug-likeness (QED) is 0.311. The first kappa shape index (κ1) is 25.2. The van der Waals surface area contributed by atoms with Gasteiger partial charge in [0, 0.05) is 30.9 Å². The molecule has 40 heavy (non-hydrogen) atoms. The van der Waals surface area contributed by atoms with Crippen molar-refractivity contribution >= 4 is 34.5 Å². The van der Waals surface area contributed by atoms with E-state index in [1.165, 1.54) is 34.3 Å². The molecule has 10 nitrogen and oxygen atoms in total. The molecule has 1 unspecified atom stereocenters. The molecule has 0 bridgehead atoms. The Balaban J connectivity index is 1.30. The topological polar surface area (TPSA) is 137 Å². The second kappa shape index (κ2) is 8.34. The molecule has 2 aliphatic carbocycles. The average Bonchev–Trinajstić information content (AvgIpc) is 3.79. The Bertz CT molecular complexity index is 1680. The maximum atomic E-state index is 13.7. The molecular weight excluding hydrogens is 557 g/mol. The summed E-state index contributed by atoms with van der Waals surface area (Å²) in [7, 11) is 0. The predicted molar refractivity (Wildman–Crippen MR) is 132 cm³/mol. The Labute approximate surface area is 226 Å². The average molecular weight is 578 g/mol. The number of hydrogen-bond donors (Lipinski definition) is 2. The number of nitrogen functional groups attached to an aromatic ring is 1. The van der Waals surface area contributed by atoms with Crippen molar-refractivity contribution in [2.75, 3.05) is 11.1 Å². The minimum Gasteiger partial charge on any atom is -0.383 e. The number of imidazole rings is 1. The van der Waals surface area contributed by atoms with Gasteiger partial charge in [-0.1, -0.05) is 11.3 Å². The molecule has 0 spiro atoms. The summed E-state index contributed by atoms with van der Waals surface area (Å²) in [4.78, 5) is 30.9. The zero-order chi connectivity index (χ0) is 28.0. The lowest BCUT2D eigenvalue weighted by molar-refractivity contribution is -0.284. The molecule has 7 rings (SSSR count). The smallest absolute Gasteiger partial charge is 0.383 e. The van der Waals surface area contributed by atoms with Gasteiger partial charge in [-0.15, -0.1) is 10.2 Å². The van der Waals surface area contributed by atoms with Crippen molar-refractivity contribution < 1.29 is 26.7 Å². The highest BCUT2D eigenvalue weighted by atomic mass is 32.1. The van der Waals surface area contributed by atoms with Crippen LogP contribution in [0.4, 0.5) is 33.6 Å². The van der Waals surface area contributed by atoms with E-state index in [0.29, 0.717) is 16.5 Å². The van der Waals surface area contributed by atoms with E-state index in [1.54, 1.807) is 0 Å². The molecule has 208 valence electrons. The number of carbonyl (C=O) groups is 1. The Hall–Kier alpha value is -3.82. The molecule has 3 N–H and O–H groups in total. The summed E-state index contributed by atoms with van der Waals surface area (Å²) < 4.78 is 67.1. The molecule has 1 atom stereocenters. The SMILES string of the molecule is Nc1nc(-c2cn3ccnc3c(CCC(F)(F)C(F)(F)F)n2)nc2c1C(c1nnc(C3CC3)s1)(C1CC1)C(=O)N2. The normalized spacial score (nSPS) is 21.2. The molecule has 3 aliphatic rings. The fourth-order valence-corrected chi connectivity index (χ4v) is 6.54. The summed E-state index contributed by atoms with van der Waals surface area (Å²) in [5.74, 6) is -4.74. The highest BCUT2D eigenvalue weighted by molar-refractivity contribution is 7.11. The molecule has 1 aliphatic heterocycles. The highest BCUT2D eigenvalue weighted by Gasteiger charge is 2.62. The molecule has 2 fully saturated rings. The Morgan fingerprint density at radius 2 is 1.88 bits per heavy atom. The van der Waals surface area contributed by atoms with Gasteiger partial charge in [-0.3, -0.25) is 4.79 Å². The van der Waals surface area contributed by atoms with Crippen LogP contribution in [-0.2, 0) is 16.6 Å². The largest absolute Gasteiger partial charge is 0.453 e. The van der Waals surface area contributed by atoms with E-state index in [-0.39, 0.29) is 46.3 Å². The zero-order valence-corrected chi connectivity index (χ0v) is 21.4. The van der Waals surface area contributed by atoms with Crippen LogP contribution in [0, 0.1) is 5.92 Å². The van der Waals surface area contributed by atoms with E-state index in [4.69, 9.17) is 5.73 Å². The third kappa shape index (κ3) is 3.75. The van der Waals surface area contributed by atoms with Crippen LogP contribution in [0.25, 0.3) is 17.2 Å². The molecule has 5 heterocycles. The van der Waals surface area contributed by atoms with Gasteiger partial charge in [0.1, 0.15) is 32.8 Å². The fourth-order valence-electron chi connectivity index (χ4n) is 5.25. The number of nitrogens with one attached hydrogen (secondary N) is 1. The van der Waals surface area contributed by atoms with Crippen molar-refractivity contribution in [1.29, 1.82) is 0 Å². The molecular formula is C24H20F5N9OS. The molecule has 0 radical (unpaired) electrons. The van der Waals surface area contributed by atoms with Gasteiger partial charge in [0.2, 0.25) is 5.91 Å². The van der Waals surface area contributed by atoms with E-state index < -0.39 is 30.4 Å². The van der Waals surface area contributed by atoms with Gasteiger partial charge >= 0.3 is 12.1 Å². The first-order valence-corrected chi connectivity index (χ1v) is 13.4. The van der Waals surface area contributed by atoms with Gasteiger partial charge in [0.05, 0.1) is 11.3 Å². The molecule has 16 heteroatoms. The number of nitrogens with zero attached hydrogens (tertiary/aromatic N) is 7. The summed E-state index contributed by atoms with van der Waals surface area (Å²) in [6, 6.07) is 0. The third-order valence-corrected chi connectivity index (χ3v) is 8.80. The molecule has 1 amide bonds. The Morgan fingerprint density at radius 1 is 1.10 bits per heavy atom. The molecule has 4 aromatic heterocycles. The molecule has 4 aromatic rings. The summed E-state index contributed by atoms with van der Waals surface area (Å²) in [5.41, 5.74) is 5.81. The van der Waals surface area contributed by atoms with Crippen LogP contribution in [0.3, 0.4) is 0 Å². The monoisotopic (exact) mass is 577 g/mol. The van der Waals surface area contributed by atoms with Gasteiger partial charge in [-0.05, 0) is 38.0 Å². The lowest BCUT2D eigenvalue weighted by Crippen LogP contribution is -2.38. The van der Waals surface area contributed by atoms with Crippen LogP contribution in [-0.4, -0.2) is 52.5 Å². The lowest BCUT2D eigenvalue weighted by atomic mass is 9.78. The van der Waals surface area contributed by atoms with Crippen molar-refractivity contribution in [2.45, 2.75) is 62.0 Å². The fraction of sp³-hybridized carbons (Fsp3) is 0.458. The van der Waals surface area contributed by atoms with Crippen molar-refractivity contribution in [3.63, 3.8) is 0 Å². The van der Waals surface area contributed by atoms with Gasteiger partial charge < -0.3 is 15.5 Å². The summed E-state index contributed by atoms with van der Waals surface area (Å²) >= 11 is 1.40. The summed E-state index contributed by atoms with van der Waals surface area (Å²) in [6.45, 7) is 0. The first-order chi connectivity index (χ1) is 19.0. The second-order valence-electron chi connectivity index (χ2n) is 10.3. The van der Waals surface area contributed by atoms with Gasteiger partial charge in [0.25, 0.3) is 0 Å². The lowest BCUT2D eigenvalue weighted by Gasteiger charge is -2.24. The summed E-state index contributed by atoms with van der Waals surface area (Å²) in [6.07, 6.45) is 0.0740. The van der Waals surface area contributed by atoms with Crippen LogP contribution in [0.5, 0.6) is 0 Å². The number of hydrogen-bond acceptors (Lipinski definition) is 9. The van der Waals surface area contributed by atoms with Crippen molar-refractivity contribution in [3.05, 3.63) is 39.9 Å². The molecule has 2 saturated carbocycles. The highest BCUT2D eigenvalue weighted by Crippen LogP contribution is 2.58. The van der Waals surface area contributed by atoms with E-state index in [9.17, 15) is 26.7 Å². The molecule has 0 aromatic carbocycles. The predicted octanol–water partition coefficient (Wildman–Crippen LogP) is 4.28. The number of aromatic nitrogens is 7. The number of halogens is 5. The summed E-state index contributed by atoms with van der Waals surface area (Å²) in [5, 5.41) is 13.0. The number of rotatable bonds is 7. The first-order valence-electron chi connectivity index (χ1n) is 12.6. The van der Waals surface area contributed by atoms with Crippen LogP contribution in [0.15, 0.2) is 18.6 Å². The van der Waals surface area contributed by atoms with E-state index in [0.717, 1.165) is 30.7 Å². The van der Waals surface area contributed by atoms with E-state index in [1.807, 2.05) is 0 Å². The zero-order valence-electron chi connectivity index (χ0n) is 20.5. The number of aryl methyl sites for hydroxylation is 1. The number of nitrogens with two attached hydrogens (primary N) is 1. The van der Waals surface area contributed by atoms with Crippen LogP contribution in [0.2, 0.25) is 0 Å². The van der Waals surface area contributed by atoms with Crippen LogP contribution < -0.4 is 11.1 Å². The van der Waals surface area contributed by atoms with E-state index >= 15 is 0 Å². The van der Waals surface area contributed by atoms with Crippen molar-refractivity contribution in [2.24, 2.45) is 5.92 Å². The van der Waals surface area contributed by atoms with E-state index in [2.05, 4.69) is 35.5 Å². The number of anilines is 2. The Kier molecular flexibility index (Phi) is 5.25. The standard InChI is InChI=1S/C24H20F5N9OS/c25-22(26,24(27,28)29)6-5-12-18-31-7-8-38(18)9-13(32-12)16-33-15(30)14-17(34-16)35-20(39)23(14,11-3-4-11)21-37-36-19(40-21)10-1-2-10/h7-11H,1-6H2,(H3,30,33,34,35,39). The Morgan fingerprint density at radius 3 is 2.58 bits per heavy atom. The van der Waals surface area contributed by atoms with Crippen molar-refractivity contribution in [1.82, 2.24) is 34.5 Å². The second-order valence-corrected chi connectivity index (χ2v) is 11.4. The van der Waals surface area contributed by atoms with Crippen molar-refractivity contribution in [3.8, 4) is 11.5 Å².